The maximum absolute atomic E-state index is 13.7. The Morgan fingerprint density at radius 2 is 1.93 bits per heavy atom. The summed E-state index contributed by atoms with van der Waals surface area (Å²) in [5.74, 6) is -1.21. The number of hydrogen-bond donors (Lipinski definition) is 1. The molecule has 0 aliphatic heterocycles. The topological polar surface area (TPSA) is 68.3 Å². The van der Waals surface area contributed by atoms with Crippen molar-refractivity contribution in [3.63, 3.8) is 0 Å². The van der Waals surface area contributed by atoms with Crippen molar-refractivity contribution < 1.29 is 18.7 Å². The summed E-state index contributed by atoms with van der Waals surface area (Å²) in [4.78, 5) is 29.3. The predicted molar refractivity (Wildman–Crippen MR) is 113 cm³/mol. The maximum Gasteiger partial charge on any atom is 0.339 e. The summed E-state index contributed by atoms with van der Waals surface area (Å²) in [5.41, 5.74) is 2.17. The zero-order valence-electron chi connectivity index (χ0n) is 15.8. The minimum absolute atomic E-state index is 0.0379. The molecule has 5 nitrogen and oxygen atoms in total. The molecule has 1 atom stereocenters. The van der Waals surface area contributed by atoms with Crippen molar-refractivity contribution in [2.75, 3.05) is 5.32 Å². The molecule has 3 aromatic rings. The van der Waals surface area contributed by atoms with Gasteiger partial charge in [-0.05, 0) is 37.6 Å². The summed E-state index contributed by atoms with van der Waals surface area (Å²) < 4.78 is 19.9. The lowest BCUT2D eigenvalue weighted by atomic mass is 10.1. The van der Waals surface area contributed by atoms with Gasteiger partial charge in [0.05, 0.1) is 11.3 Å². The third-order valence-corrected chi connectivity index (χ3v) is 6.16. The number of amides is 1. The number of rotatable bonds is 7. The Kier molecular flexibility index (Phi) is 7.00. The highest BCUT2D eigenvalue weighted by molar-refractivity contribution is 8.00. The molecular formula is C21H19FN2O3S2. The number of para-hydroxylation sites is 1. The highest BCUT2D eigenvalue weighted by Gasteiger charge is 2.21. The van der Waals surface area contributed by atoms with Crippen LogP contribution in [0.2, 0.25) is 0 Å². The molecule has 1 heterocycles. The number of hydrogen-bond acceptors (Lipinski definition) is 6. The molecule has 0 spiro atoms. The fourth-order valence-electron chi connectivity index (χ4n) is 2.46. The second kappa shape index (κ2) is 9.67. The van der Waals surface area contributed by atoms with Gasteiger partial charge in [-0.15, -0.1) is 11.3 Å². The number of carbonyl (C=O) groups excluding carboxylic acids is 2. The number of nitrogens with one attached hydrogen (secondary N) is 1. The van der Waals surface area contributed by atoms with Crippen LogP contribution in [0.15, 0.2) is 58.3 Å². The van der Waals surface area contributed by atoms with Gasteiger partial charge in [0, 0.05) is 16.8 Å². The third-order valence-electron chi connectivity index (χ3n) is 3.97. The Balaban J connectivity index is 1.64. The molecular weight excluding hydrogens is 411 g/mol. The summed E-state index contributed by atoms with van der Waals surface area (Å²) >= 11 is 3.08. The largest absolute Gasteiger partial charge is 0.449 e. The molecule has 2 aromatic carbocycles. The van der Waals surface area contributed by atoms with Gasteiger partial charge in [-0.25, -0.2) is 14.2 Å². The van der Waals surface area contributed by atoms with Crippen LogP contribution in [0.3, 0.4) is 0 Å². The average Bonchev–Trinajstić information content (AvgIpc) is 3.13. The fraction of sp³-hybridized carbons (Fsp3) is 0.190. The first kappa shape index (κ1) is 21.0. The standard InChI is InChI=1S/C21H19FN2O3S2/c1-13-11-28-21(23-13)29-12-15-7-3-4-8-16(15)20(26)27-14(2)19(25)24-18-10-6-5-9-17(18)22/h3-11,14H,12H2,1-2H3,(H,24,25)/t14-/m1/s1. The van der Waals surface area contributed by atoms with Gasteiger partial charge in [-0.3, -0.25) is 4.79 Å². The van der Waals surface area contributed by atoms with Crippen LogP contribution in [0.5, 0.6) is 0 Å². The van der Waals surface area contributed by atoms with Gasteiger partial charge in [-0.1, -0.05) is 42.1 Å². The monoisotopic (exact) mass is 430 g/mol. The van der Waals surface area contributed by atoms with Gasteiger partial charge >= 0.3 is 5.97 Å². The van der Waals surface area contributed by atoms with E-state index in [1.807, 2.05) is 24.4 Å². The molecule has 0 fully saturated rings. The zero-order valence-corrected chi connectivity index (χ0v) is 17.5. The van der Waals surface area contributed by atoms with Crippen molar-refractivity contribution in [3.8, 4) is 0 Å². The molecule has 1 amide bonds. The van der Waals surface area contributed by atoms with Gasteiger partial charge in [0.1, 0.15) is 10.2 Å². The third kappa shape index (κ3) is 5.65. The van der Waals surface area contributed by atoms with E-state index in [4.69, 9.17) is 4.74 Å². The van der Waals surface area contributed by atoms with Gasteiger partial charge in [-0.2, -0.15) is 0 Å². The quantitative estimate of drug-likeness (QED) is 0.419. The van der Waals surface area contributed by atoms with E-state index in [1.54, 1.807) is 29.5 Å². The summed E-state index contributed by atoms with van der Waals surface area (Å²) in [6, 6.07) is 12.9. The first-order valence-corrected chi connectivity index (χ1v) is 10.7. The first-order valence-electron chi connectivity index (χ1n) is 8.83. The van der Waals surface area contributed by atoms with Crippen LogP contribution in [0.25, 0.3) is 0 Å². The number of thioether (sulfide) groups is 1. The van der Waals surface area contributed by atoms with E-state index < -0.39 is 23.8 Å². The summed E-state index contributed by atoms with van der Waals surface area (Å²) in [6.45, 7) is 3.38. The van der Waals surface area contributed by atoms with E-state index >= 15 is 0 Å². The van der Waals surface area contributed by atoms with Crippen LogP contribution in [-0.2, 0) is 15.3 Å². The predicted octanol–water partition coefficient (Wildman–Crippen LogP) is 5.07. The lowest BCUT2D eigenvalue weighted by molar-refractivity contribution is -0.123. The van der Waals surface area contributed by atoms with Crippen LogP contribution in [-0.4, -0.2) is 23.0 Å². The molecule has 0 bridgehead atoms. The lowest BCUT2D eigenvalue weighted by Crippen LogP contribution is -2.30. The Morgan fingerprint density at radius 3 is 2.66 bits per heavy atom. The van der Waals surface area contributed by atoms with Gasteiger partial charge in [0.15, 0.2) is 6.10 Å². The molecule has 3 rings (SSSR count). The summed E-state index contributed by atoms with van der Waals surface area (Å²) in [7, 11) is 0. The number of carbonyl (C=O) groups is 2. The summed E-state index contributed by atoms with van der Waals surface area (Å²) in [5, 5.41) is 4.40. The van der Waals surface area contributed by atoms with Crippen molar-refractivity contribution in [2.24, 2.45) is 0 Å². The average molecular weight is 431 g/mol. The molecule has 0 radical (unpaired) electrons. The van der Waals surface area contributed by atoms with Crippen molar-refractivity contribution in [3.05, 3.63) is 76.5 Å². The smallest absolute Gasteiger partial charge is 0.339 e. The Hall–Kier alpha value is -2.71. The van der Waals surface area contributed by atoms with Crippen LogP contribution in [0.1, 0.15) is 28.5 Å². The van der Waals surface area contributed by atoms with E-state index in [1.165, 1.54) is 36.9 Å². The molecule has 1 aromatic heterocycles. The van der Waals surface area contributed by atoms with E-state index in [0.29, 0.717) is 11.3 Å². The molecule has 0 saturated carbocycles. The zero-order chi connectivity index (χ0) is 20.8. The molecule has 0 saturated heterocycles. The number of benzene rings is 2. The van der Waals surface area contributed by atoms with Gasteiger partial charge < -0.3 is 10.1 Å². The first-order chi connectivity index (χ1) is 13.9. The van der Waals surface area contributed by atoms with Crippen molar-refractivity contribution >= 4 is 40.7 Å². The van der Waals surface area contributed by atoms with Crippen LogP contribution in [0.4, 0.5) is 10.1 Å². The van der Waals surface area contributed by atoms with E-state index in [2.05, 4.69) is 10.3 Å². The molecule has 0 unspecified atom stereocenters. The van der Waals surface area contributed by atoms with Crippen molar-refractivity contribution in [1.82, 2.24) is 4.98 Å². The number of thiazole rings is 1. The highest BCUT2D eigenvalue weighted by atomic mass is 32.2. The van der Waals surface area contributed by atoms with Crippen LogP contribution in [0, 0.1) is 12.7 Å². The number of anilines is 1. The molecule has 0 aliphatic carbocycles. The van der Waals surface area contributed by atoms with E-state index in [9.17, 15) is 14.0 Å². The van der Waals surface area contributed by atoms with Gasteiger partial charge in [0.25, 0.3) is 5.91 Å². The normalized spacial score (nSPS) is 11.7. The number of nitrogens with zero attached hydrogens (tertiary/aromatic N) is 1. The molecule has 8 heteroatoms. The SMILES string of the molecule is Cc1csc(SCc2ccccc2C(=O)O[C@H](C)C(=O)Nc2ccccc2F)n1. The van der Waals surface area contributed by atoms with Crippen molar-refractivity contribution in [2.45, 2.75) is 30.0 Å². The molecule has 0 aliphatic rings. The van der Waals surface area contributed by atoms with E-state index in [-0.39, 0.29) is 5.69 Å². The Bertz CT molecular complexity index is 1020. The summed E-state index contributed by atoms with van der Waals surface area (Å²) in [6.07, 6.45) is -1.08. The van der Waals surface area contributed by atoms with Crippen molar-refractivity contribution in [1.29, 1.82) is 0 Å². The lowest BCUT2D eigenvalue weighted by Gasteiger charge is -2.15. The fourth-order valence-corrected chi connectivity index (χ4v) is 4.31. The maximum atomic E-state index is 13.7. The molecule has 1 N–H and O–H groups in total. The Labute approximate surface area is 176 Å². The number of esters is 1. The van der Waals surface area contributed by atoms with Crippen LogP contribution >= 0.6 is 23.1 Å². The Morgan fingerprint density at radius 1 is 1.21 bits per heavy atom. The number of aryl methyl sites for hydroxylation is 1. The number of aromatic nitrogens is 1. The minimum Gasteiger partial charge on any atom is -0.449 e. The van der Waals surface area contributed by atoms with E-state index in [0.717, 1.165) is 15.6 Å². The minimum atomic E-state index is -1.08. The van der Waals surface area contributed by atoms with Crippen LogP contribution < -0.4 is 5.32 Å². The molecule has 150 valence electrons. The van der Waals surface area contributed by atoms with Gasteiger partial charge in [0.2, 0.25) is 0 Å². The molecule has 29 heavy (non-hydrogen) atoms. The second-order valence-corrected chi connectivity index (χ2v) is 8.30. The number of ether oxygens (including phenoxy) is 1. The number of halogens is 1. The highest BCUT2D eigenvalue weighted by Crippen LogP contribution is 2.27. The second-order valence-electron chi connectivity index (χ2n) is 6.22.